The summed E-state index contributed by atoms with van der Waals surface area (Å²) in [5.41, 5.74) is 2.11. The summed E-state index contributed by atoms with van der Waals surface area (Å²) in [4.78, 5) is 39.5. The van der Waals surface area contributed by atoms with Gasteiger partial charge in [-0.15, -0.1) is 0 Å². The van der Waals surface area contributed by atoms with E-state index in [0.29, 0.717) is 29.2 Å². The molecule has 0 N–H and O–H groups in total. The first kappa shape index (κ1) is 20.4. The number of methoxy groups -OCH3 is 2. The highest BCUT2D eigenvalue weighted by Gasteiger charge is 2.33. The summed E-state index contributed by atoms with van der Waals surface area (Å²) in [6.07, 6.45) is 1.54. The van der Waals surface area contributed by atoms with E-state index in [1.807, 2.05) is 18.2 Å². The van der Waals surface area contributed by atoms with E-state index >= 15 is 0 Å². The molecule has 1 aliphatic heterocycles. The van der Waals surface area contributed by atoms with Gasteiger partial charge in [-0.3, -0.25) is 19.3 Å². The summed E-state index contributed by atoms with van der Waals surface area (Å²) >= 11 is 0. The molecule has 3 amide bonds. The zero-order valence-corrected chi connectivity index (χ0v) is 17.0. The predicted octanol–water partition coefficient (Wildman–Crippen LogP) is 2.63. The number of amides is 3. The molecule has 0 aliphatic carbocycles. The average Bonchev–Trinajstić information content (AvgIpc) is 2.96. The van der Waals surface area contributed by atoms with Crippen LogP contribution in [0.25, 0.3) is 0 Å². The zero-order chi connectivity index (χ0) is 21.1. The Bertz CT molecular complexity index is 970. The maximum absolute atomic E-state index is 12.7. The molecule has 0 fully saturated rings. The molecule has 7 heteroatoms. The first-order valence-corrected chi connectivity index (χ1v) is 9.30. The molecular weight excluding hydrogens is 372 g/mol. The second kappa shape index (κ2) is 8.34. The minimum absolute atomic E-state index is 0.185. The van der Waals surface area contributed by atoms with E-state index < -0.39 is 0 Å². The average molecular weight is 396 g/mol. The number of hydrogen-bond donors (Lipinski definition) is 0. The van der Waals surface area contributed by atoms with Gasteiger partial charge in [0.2, 0.25) is 0 Å². The van der Waals surface area contributed by atoms with Crippen molar-refractivity contribution in [3.05, 3.63) is 58.7 Å². The fourth-order valence-corrected chi connectivity index (χ4v) is 3.37. The highest BCUT2D eigenvalue weighted by molar-refractivity contribution is 6.21. The number of carbonyl (C=O) groups excluding carboxylic acids is 3. The summed E-state index contributed by atoms with van der Waals surface area (Å²) in [6.45, 7) is 0.553. The van der Waals surface area contributed by atoms with Gasteiger partial charge in [0.15, 0.2) is 11.5 Å². The van der Waals surface area contributed by atoms with E-state index in [0.717, 1.165) is 23.3 Å². The molecule has 1 aliphatic rings. The largest absolute Gasteiger partial charge is 0.493 e. The highest BCUT2D eigenvalue weighted by Crippen LogP contribution is 2.28. The van der Waals surface area contributed by atoms with Crippen molar-refractivity contribution in [2.24, 2.45) is 0 Å². The zero-order valence-electron chi connectivity index (χ0n) is 17.0. The van der Waals surface area contributed by atoms with Gasteiger partial charge in [0.1, 0.15) is 0 Å². The molecule has 7 nitrogen and oxygen atoms in total. The standard InChI is InChI=1S/C22H24N2O5/c1-23(11-5-6-14-7-10-18(28-3)19(12-14)29-4)20(25)15-8-9-16-17(13-15)22(27)24(2)21(16)26/h7-10,12-13H,5-6,11H2,1-4H3. The van der Waals surface area contributed by atoms with Crippen molar-refractivity contribution in [1.82, 2.24) is 9.80 Å². The minimum Gasteiger partial charge on any atom is -0.493 e. The lowest BCUT2D eigenvalue weighted by Gasteiger charge is -2.17. The third kappa shape index (κ3) is 3.94. The lowest BCUT2D eigenvalue weighted by atomic mass is 10.0. The third-order valence-corrected chi connectivity index (χ3v) is 5.09. The Labute approximate surface area is 169 Å². The van der Waals surface area contributed by atoms with Crippen LogP contribution in [-0.4, -0.2) is 62.4 Å². The fourth-order valence-electron chi connectivity index (χ4n) is 3.37. The molecule has 0 saturated heterocycles. The summed E-state index contributed by atoms with van der Waals surface area (Å²) < 4.78 is 10.6. The van der Waals surface area contributed by atoms with Crippen LogP contribution in [0.2, 0.25) is 0 Å². The van der Waals surface area contributed by atoms with Crippen LogP contribution < -0.4 is 9.47 Å². The molecule has 2 aromatic rings. The first-order valence-electron chi connectivity index (χ1n) is 9.30. The Morgan fingerprint density at radius 3 is 2.34 bits per heavy atom. The van der Waals surface area contributed by atoms with Gasteiger partial charge in [0.25, 0.3) is 17.7 Å². The molecule has 152 valence electrons. The van der Waals surface area contributed by atoms with Crippen LogP contribution in [0, 0.1) is 0 Å². The van der Waals surface area contributed by atoms with Crippen LogP contribution in [0.5, 0.6) is 11.5 Å². The van der Waals surface area contributed by atoms with Gasteiger partial charge in [-0.05, 0) is 48.7 Å². The molecule has 0 spiro atoms. The van der Waals surface area contributed by atoms with E-state index in [2.05, 4.69) is 0 Å². The first-order chi connectivity index (χ1) is 13.9. The van der Waals surface area contributed by atoms with Gasteiger partial charge in [-0.1, -0.05) is 6.07 Å². The fraction of sp³-hybridized carbons (Fsp3) is 0.318. The number of imide groups is 1. The third-order valence-electron chi connectivity index (χ3n) is 5.09. The number of ether oxygens (including phenoxy) is 2. The van der Waals surface area contributed by atoms with Crippen molar-refractivity contribution in [2.75, 3.05) is 34.9 Å². The molecule has 2 aromatic carbocycles. The van der Waals surface area contributed by atoms with Crippen LogP contribution in [0.15, 0.2) is 36.4 Å². The van der Waals surface area contributed by atoms with E-state index in [9.17, 15) is 14.4 Å². The van der Waals surface area contributed by atoms with Crippen LogP contribution >= 0.6 is 0 Å². The Kier molecular flexibility index (Phi) is 5.87. The van der Waals surface area contributed by atoms with Crippen molar-refractivity contribution in [1.29, 1.82) is 0 Å². The van der Waals surface area contributed by atoms with Crippen molar-refractivity contribution in [3.8, 4) is 11.5 Å². The van der Waals surface area contributed by atoms with Gasteiger partial charge in [-0.2, -0.15) is 0 Å². The molecule has 1 heterocycles. The molecule has 0 saturated carbocycles. The Morgan fingerprint density at radius 1 is 0.966 bits per heavy atom. The Morgan fingerprint density at radius 2 is 1.66 bits per heavy atom. The van der Waals surface area contributed by atoms with Crippen LogP contribution in [0.4, 0.5) is 0 Å². The number of aryl methyl sites for hydroxylation is 1. The second-order valence-corrected chi connectivity index (χ2v) is 6.95. The monoisotopic (exact) mass is 396 g/mol. The number of rotatable bonds is 7. The molecule has 0 atom stereocenters. The van der Waals surface area contributed by atoms with E-state index in [4.69, 9.17) is 9.47 Å². The van der Waals surface area contributed by atoms with Crippen LogP contribution in [0.3, 0.4) is 0 Å². The smallest absolute Gasteiger partial charge is 0.261 e. The summed E-state index contributed by atoms with van der Waals surface area (Å²) in [7, 11) is 6.36. The molecule has 0 aromatic heterocycles. The van der Waals surface area contributed by atoms with Crippen LogP contribution in [-0.2, 0) is 6.42 Å². The molecule has 29 heavy (non-hydrogen) atoms. The normalized spacial score (nSPS) is 12.8. The van der Waals surface area contributed by atoms with Gasteiger partial charge in [0.05, 0.1) is 25.3 Å². The SMILES string of the molecule is COc1ccc(CCCN(C)C(=O)c2ccc3c(c2)C(=O)N(C)C3=O)cc1OC. The van der Waals surface area contributed by atoms with E-state index in [1.54, 1.807) is 38.3 Å². The van der Waals surface area contributed by atoms with Crippen molar-refractivity contribution in [3.63, 3.8) is 0 Å². The summed E-state index contributed by atoms with van der Waals surface area (Å²) in [5.74, 6) is 0.452. The Balaban J connectivity index is 1.62. The number of fused-ring (bicyclic) bond motifs is 1. The van der Waals surface area contributed by atoms with Crippen molar-refractivity contribution in [2.45, 2.75) is 12.8 Å². The quantitative estimate of drug-likeness (QED) is 0.673. The highest BCUT2D eigenvalue weighted by atomic mass is 16.5. The molecular formula is C22H24N2O5. The lowest BCUT2D eigenvalue weighted by molar-refractivity contribution is 0.0692. The summed E-state index contributed by atoms with van der Waals surface area (Å²) in [5, 5.41) is 0. The number of nitrogens with zero attached hydrogens (tertiary/aromatic N) is 2. The molecule has 0 bridgehead atoms. The van der Waals surface area contributed by atoms with Crippen LogP contribution in [0.1, 0.15) is 43.1 Å². The minimum atomic E-state index is -0.379. The summed E-state index contributed by atoms with van der Waals surface area (Å²) in [6, 6.07) is 10.4. The molecule has 3 rings (SSSR count). The lowest BCUT2D eigenvalue weighted by Crippen LogP contribution is -2.28. The molecule has 0 unspecified atom stereocenters. The van der Waals surface area contributed by atoms with Gasteiger partial charge < -0.3 is 14.4 Å². The molecule has 0 radical (unpaired) electrons. The van der Waals surface area contributed by atoms with E-state index in [1.165, 1.54) is 13.1 Å². The number of hydrogen-bond acceptors (Lipinski definition) is 5. The maximum atomic E-state index is 12.7. The number of carbonyl (C=O) groups is 3. The maximum Gasteiger partial charge on any atom is 0.261 e. The van der Waals surface area contributed by atoms with Gasteiger partial charge >= 0.3 is 0 Å². The van der Waals surface area contributed by atoms with E-state index in [-0.39, 0.29) is 23.3 Å². The van der Waals surface area contributed by atoms with Crippen molar-refractivity contribution < 1.29 is 23.9 Å². The number of benzene rings is 2. The van der Waals surface area contributed by atoms with Crippen molar-refractivity contribution >= 4 is 17.7 Å². The second-order valence-electron chi connectivity index (χ2n) is 6.95. The topological polar surface area (TPSA) is 76.2 Å². The van der Waals surface area contributed by atoms with Gasteiger partial charge in [-0.25, -0.2) is 0 Å². The van der Waals surface area contributed by atoms with Gasteiger partial charge in [0, 0.05) is 26.2 Å². The predicted molar refractivity (Wildman–Crippen MR) is 108 cm³/mol. The Hall–Kier alpha value is -3.35.